The van der Waals surface area contributed by atoms with E-state index >= 15 is 0 Å². The van der Waals surface area contributed by atoms with Crippen LogP contribution in [0.2, 0.25) is 0 Å². The number of nitro groups is 1. The average Bonchev–Trinajstić information content (AvgIpc) is 2.49. The van der Waals surface area contributed by atoms with Gasteiger partial charge in [-0.15, -0.1) is 0 Å². The average molecular weight is 283 g/mol. The molecular weight excluding hydrogens is 266 g/mol. The van der Waals surface area contributed by atoms with E-state index in [1.54, 1.807) is 6.07 Å². The second kappa shape index (κ2) is 5.52. The van der Waals surface area contributed by atoms with Crippen LogP contribution in [0.15, 0.2) is 36.5 Å². The number of pyridine rings is 1. The lowest BCUT2D eigenvalue weighted by molar-refractivity contribution is -0.385. The van der Waals surface area contributed by atoms with E-state index < -0.39 is 4.92 Å². The van der Waals surface area contributed by atoms with E-state index in [4.69, 9.17) is 0 Å². The Morgan fingerprint density at radius 2 is 2.10 bits per heavy atom. The maximum absolute atomic E-state index is 10.7. The second-order valence-corrected chi connectivity index (χ2v) is 5.47. The van der Waals surface area contributed by atoms with Gasteiger partial charge in [0.1, 0.15) is 12.0 Å². The van der Waals surface area contributed by atoms with Crippen molar-refractivity contribution < 1.29 is 4.92 Å². The van der Waals surface area contributed by atoms with Crippen molar-refractivity contribution >= 4 is 11.5 Å². The summed E-state index contributed by atoms with van der Waals surface area (Å²) >= 11 is 0. The maximum Gasteiger partial charge on any atom is 0.287 e. The molecule has 1 heterocycles. The van der Waals surface area contributed by atoms with Gasteiger partial charge in [-0.3, -0.25) is 10.1 Å². The number of hydrogen-bond acceptors (Lipinski definition) is 4. The van der Waals surface area contributed by atoms with Crippen LogP contribution in [-0.4, -0.2) is 15.9 Å². The summed E-state index contributed by atoms with van der Waals surface area (Å²) in [6.07, 6.45) is 4.38. The molecule has 5 nitrogen and oxygen atoms in total. The molecule has 1 aliphatic carbocycles. The van der Waals surface area contributed by atoms with Crippen LogP contribution in [0.25, 0.3) is 0 Å². The first-order chi connectivity index (χ1) is 10.1. The van der Waals surface area contributed by atoms with Crippen molar-refractivity contribution in [3.05, 3.63) is 63.3 Å². The predicted molar refractivity (Wildman–Crippen MR) is 81.5 cm³/mol. The van der Waals surface area contributed by atoms with Gasteiger partial charge in [0.15, 0.2) is 0 Å². The molecule has 1 N–H and O–H groups in total. The van der Waals surface area contributed by atoms with E-state index in [2.05, 4.69) is 34.6 Å². The molecule has 0 amide bonds. The highest BCUT2D eigenvalue weighted by Crippen LogP contribution is 2.25. The molecule has 0 saturated heterocycles. The SMILES string of the molecule is Cc1cc([N+](=O)[O-])cnc1NC1CCc2ccccc2C1. The van der Waals surface area contributed by atoms with Crippen LogP contribution < -0.4 is 5.32 Å². The van der Waals surface area contributed by atoms with E-state index in [-0.39, 0.29) is 5.69 Å². The van der Waals surface area contributed by atoms with Gasteiger partial charge in [-0.2, -0.15) is 0 Å². The molecule has 1 unspecified atom stereocenters. The third-order valence-electron chi connectivity index (χ3n) is 3.96. The van der Waals surface area contributed by atoms with Gasteiger partial charge in [-0.1, -0.05) is 24.3 Å². The molecule has 108 valence electrons. The molecular formula is C16H17N3O2. The second-order valence-electron chi connectivity index (χ2n) is 5.47. The number of fused-ring (bicyclic) bond motifs is 1. The quantitative estimate of drug-likeness (QED) is 0.693. The Bertz CT molecular complexity index is 685. The Hall–Kier alpha value is -2.43. The van der Waals surface area contributed by atoms with Crippen LogP contribution in [-0.2, 0) is 12.8 Å². The summed E-state index contributed by atoms with van der Waals surface area (Å²) in [6, 6.07) is 10.4. The van der Waals surface area contributed by atoms with Gasteiger partial charge in [-0.25, -0.2) is 4.98 Å². The Labute approximate surface area is 123 Å². The predicted octanol–water partition coefficient (Wildman–Crippen LogP) is 3.27. The third kappa shape index (κ3) is 2.86. The van der Waals surface area contributed by atoms with Gasteiger partial charge in [0.25, 0.3) is 5.69 Å². The molecule has 0 radical (unpaired) electrons. The van der Waals surface area contributed by atoms with Gasteiger partial charge in [0, 0.05) is 12.1 Å². The van der Waals surface area contributed by atoms with Crippen molar-refractivity contribution in [3.63, 3.8) is 0 Å². The number of anilines is 1. The highest BCUT2D eigenvalue weighted by molar-refractivity contribution is 5.49. The molecule has 0 spiro atoms. The minimum Gasteiger partial charge on any atom is -0.367 e. The lowest BCUT2D eigenvalue weighted by Crippen LogP contribution is -2.28. The first-order valence-corrected chi connectivity index (χ1v) is 7.08. The zero-order valence-corrected chi connectivity index (χ0v) is 11.9. The van der Waals surface area contributed by atoms with Crippen LogP contribution in [0, 0.1) is 17.0 Å². The van der Waals surface area contributed by atoms with Crippen molar-refractivity contribution in [2.75, 3.05) is 5.32 Å². The Balaban J connectivity index is 1.75. The molecule has 5 heteroatoms. The summed E-state index contributed by atoms with van der Waals surface area (Å²) in [5.74, 6) is 0.741. The lowest BCUT2D eigenvalue weighted by Gasteiger charge is -2.26. The fourth-order valence-electron chi connectivity index (χ4n) is 2.83. The largest absolute Gasteiger partial charge is 0.367 e. The number of aryl methyl sites for hydroxylation is 2. The summed E-state index contributed by atoms with van der Waals surface area (Å²) < 4.78 is 0. The molecule has 1 aromatic carbocycles. The zero-order chi connectivity index (χ0) is 14.8. The van der Waals surface area contributed by atoms with Crippen LogP contribution >= 0.6 is 0 Å². The van der Waals surface area contributed by atoms with Crippen LogP contribution in [0.4, 0.5) is 11.5 Å². The van der Waals surface area contributed by atoms with Crippen molar-refractivity contribution in [2.45, 2.75) is 32.2 Å². The van der Waals surface area contributed by atoms with E-state index in [1.165, 1.54) is 17.3 Å². The highest BCUT2D eigenvalue weighted by Gasteiger charge is 2.19. The Morgan fingerprint density at radius 3 is 2.81 bits per heavy atom. The van der Waals surface area contributed by atoms with Gasteiger partial charge in [0.05, 0.1) is 4.92 Å². The van der Waals surface area contributed by atoms with Crippen LogP contribution in [0.5, 0.6) is 0 Å². The molecule has 0 aliphatic heterocycles. The molecule has 3 rings (SSSR count). The number of hydrogen-bond donors (Lipinski definition) is 1. The molecule has 1 aromatic heterocycles. The van der Waals surface area contributed by atoms with Gasteiger partial charge in [-0.05, 0) is 42.9 Å². The van der Waals surface area contributed by atoms with E-state index in [1.807, 2.05) is 6.92 Å². The molecule has 21 heavy (non-hydrogen) atoms. The molecule has 1 aliphatic rings. The van der Waals surface area contributed by atoms with Crippen molar-refractivity contribution in [3.8, 4) is 0 Å². The first kappa shape index (κ1) is 13.5. The van der Waals surface area contributed by atoms with Crippen molar-refractivity contribution in [1.29, 1.82) is 0 Å². The van der Waals surface area contributed by atoms with E-state index in [9.17, 15) is 10.1 Å². The number of aromatic nitrogens is 1. The number of benzene rings is 1. The van der Waals surface area contributed by atoms with Crippen molar-refractivity contribution in [2.24, 2.45) is 0 Å². The molecule has 2 aromatic rings. The molecule has 0 bridgehead atoms. The molecule has 0 saturated carbocycles. The Morgan fingerprint density at radius 1 is 1.33 bits per heavy atom. The van der Waals surface area contributed by atoms with Gasteiger partial charge in [0.2, 0.25) is 0 Å². The van der Waals surface area contributed by atoms with Crippen molar-refractivity contribution in [1.82, 2.24) is 4.98 Å². The standard InChI is InChI=1S/C16H17N3O2/c1-11-8-15(19(20)21)10-17-16(11)18-14-7-6-12-4-2-3-5-13(12)9-14/h2-5,8,10,14H,6-7,9H2,1H3,(H,17,18). The van der Waals surface area contributed by atoms with Gasteiger partial charge < -0.3 is 5.32 Å². The fourth-order valence-corrected chi connectivity index (χ4v) is 2.83. The zero-order valence-electron chi connectivity index (χ0n) is 11.9. The van der Waals surface area contributed by atoms with Crippen LogP contribution in [0.1, 0.15) is 23.1 Å². The van der Waals surface area contributed by atoms with E-state index in [0.29, 0.717) is 6.04 Å². The molecule has 1 atom stereocenters. The number of nitrogens with zero attached hydrogens (tertiary/aromatic N) is 2. The monoisotopic (exact) mass is 283 g/mol. The summed E-state index contributed by atoms with van der Waals surface area (Å²) in [7, 11) is 0. The number of nitrogens with one attached hydrogen (secondary N) is 1. The maximum atomic E-state index is 10.7. The normalized spacial score (nSPS) is 17.1. The van der Waals surface area contributed by atoms with Crippen LogP contribution in [0.3, 0.4) is 0 Å². The first-order valence-electron chi connectivity index (χ1n) is 7.08. The smallest absolute Gasteiger partial charge is 0.287 e. The van der Waals surface area contributed by atoms with Gasteiger partial charge >= 0.3 is 0 Å². The third-order valence-corrected chi connectivity index (χ3v) is 3.96. The molecule has 0 fully saturated rings. The number of rotatable bonds is 3. The summed E-state index contributed by atoms with van der Waals surface area (Å²) in [4.78, 5) is 14.5. The fraction of sp³-hybridized carbons (Fsp3) is 0.312. The minimum atomic E-state index is -0.416. The summed E-state index contributed by atoms with van der Waals surface area (Å²) in [6.45, 7) is 1.85. The minimum absolute atomic E-state index is 0.0343. The summed E-state index contributed by atoms with van der Waals surface area (Å²) in [5, 5.41) is 14.2. The topological polar surface area (TPSA) is 68.1 Å². The lowest BCUT2D eigenvalue weighted by atomic mass is 9.88. The Kier molecular flexibility index (Phi) is 3.56. The highest BCUT2D eigenvalue weighted by atomic mass is 16.6. The van der Waals surface area contributed by atoms with E-state index in [0.717, 1.165) is 30.6 Å². The summed E-state index contributed by atoms with van der Waals surface area (Å²) in [5.41, 5.74) is 3.64.